The van der Waals surface area contributed by atoms with Crippen molar-refractivity contribution in [2.24, 2.45) is 0 Å². The molecule has 2 amide bonds. The van der Waals surface area contributed by atoms with Gasteiger partial charge in [0.25, 0.3) is 0 Å². The first-order valence-corrected chi connectivity index (χ1v) is 7.83. The third-order valence-corrected chi connectivity index (χ3v) is 3.17. The summed E-state index contributed by atoms with van der Waals surface area (Å²) in [6.07, 6.45) is 0. The first-order valence-electron chi connectivity index (χ1n) is 7.83. The van der Waals surface area contributed by atoms with Crippen LogP contribution in [0.2, 0.25) is 0 Å². The van der Waals surface area contributed by atoms with Crippen LogP contribution in [0.3, 0.4) is 0 Å². The van der Waals surface area contributed by atoms with E-state index in [1.165, 1.54) is 11.8 Å². The van der Waals surface area contributed by atoms with Gasteiger partial charge in [0, 0.05) is 20.0 Å². The molecule has 0 aliphatic carbocycles. The van der Waals surface area contributed by atoms with E-state index in [-0.39, 0.29) is 24.4 Å². The van der Waals surface area contributed by atoms with Crippen molar-refractivity contribution in [3.63, 3.8) is 0 Å². The van der Waals surface area contributed by atoms with Crippen molar-refractivity contribution in [3.8, 4) is 0 Å². The van der Waals surface area contributed by atoms with Gasteiger partial charge < -0.3 is 20.3 Å². The second kappa shape index (κ2) is 8.90. The highest BCUT2D eigenvalue weighted by Gasteiger charge is 2.14. The Balaban J connectivity index is 2.98. The van der Waals surface area contributed by atoms with Crippen LogP contribution >= 0.6 is 0 Å². The molecule has 1 rings (SSSR count). The van der Waals surface area contributed by atoms with Gasteiger partial charge in [0.15, 0.2) is 0 Å². The molecule has 0 spiro atoms. The number of rotatable bonds is 7. The maximum absolute atomic E-state index is 12.1. The van der Waals surface area contributed by atoms with Crippen LogP contribution in [0.25, 0.3) is 0 Å². The Hall–Kier alpha value is -2.57. The van der Waals surface area contributed by atoms with Gasteiger partial charge in [-0.05, 0) is 39.0 Å². The fourth-order valence-electron chi connectivity index (χ4n) is 1.94. The van der Waals surface area contributed by atoms with Gasteiger partial charge in [0.1, 0.15) is 0 Å². The second-order valence-electron chi connectivity index (χ2n) is 5.70. The molecule has 0 atom stereocenters. The fourth-order valence-corrected chi connectivity index (χ4v) is 1.94. The molecule has 24 heavy (non-hydrogen) atoms. The maximum Gasteiger partial charge on any atom is 0.338 e. The van der Waals surface area contributed by atoms with Crippen LogP contribution in [0.15, 0.2) is 18.2 Å². The second-order valence-corrected chi connectivity index (χ2v) is 5.70. The molecule has 0 aliphatic heterocycles. The Morgan fingerprint density at radius 3 is 2.42 bits per heavy atom. The average Bonchev–Trinajstić information content (AvgIpc) is 2.48. The Labute approximate surface area is 142 Å². The Bertz CT molecular complexity index is 614. The van der Waals surface area contributed by atoms with Gasteiger partial charge in [0.05, 0.1) is 30.1 Å². The van der Waals surface area contributed by atoms with Gasteiger partial charge >= 0.3 is 5.97 Å². The molecule has 0 unspecified atom stereocenters. The first-order chi connectivity index (χ1) is 11.2. The standard InChI is InChI=1S/C17H25N3O4/c1-6-24-17(23)13-7-8-14(15(9-13)18-11(2)3)19-16(22)10-20(5)12(4)21/h7-9,11,18H,6,10H2,1-5H3,(H,19,22). The van der Waals surface area contributed by atoms with Crippen molar-refractivity contribution in [2.45, 2.75) is 33.7 Å². The number of esters is 1. The van der Waals surface area contributed by atoms with Crippen LogP contribution < -0.4 is 10.6 Å². The summed E-state index contributed by atoms with van der Waals surface area (Å²) in [4.78, 5) is 36.4. The molecule has 1 aromatic carbocycles. The third kappa shape index (κ3) is 5.91. The minimum Gasteiger partial charge on any atom is -0.462 e. The number of nitrogens with zero attached hydrogens (tertiary/aromatic N) is 1. The van der Waals surface area contributed by atoms with Crippen molar-refractivity contribution in [1.82, 2.24) is 4.90 Å². The number of nitrogens with one attached hydrogen (secondary N) is 2. The molecule has 7 heteroatoms. The SMILES string of the molecule is CCOC(=O)c1ccc(NC(=O)CN(C)C(C)=O)c(NC(C)C)c1. The van der Waals surface area contributed by atoms with Crippen LogP contribution in [0.4, 0.5) is 11.4 Å². The summed E-state index contributed by atoms with van der Waals surface area (Å²) in [6, 6.07) is 4.98. The van der Waals surface area contributed by atoms with Crippen molar-refractivity contribution < 1.29 is 19.1 Å². The number of anilines is 2. The first kappa shape index (κ1) is 19.5. The largest absolute Gasteiger partial charge is 0.462 e. The van der Waals surface area contributed by atoms with Gasteiger partial charge in [0.2, 0.25) is 11.8 Å². The molecule has 0 saturated heterocycles. The number of carbonyl (C=O) groups excluding carboxylic acids is 3. The Kier molecular flexibility index (Phi) is 7.23. The van der Waals surface area contributed by atoms with Gasteiger partial charge in [-0.1, -0.05) is 0 Å². The van der Waals surface area contributed by atoms with E-state index in [0.29, 0.717) is 23.5 Å². The number of benzene rings is 1. The van der Waals surface area contributed by atoms with Crippen LogP contribution in [-0.2, 0) is 14.3 Å². The molecule has 1 aromatic rings. The van der Waals surface area contributed by atoms with Gasteiger partial charge in [-0.2, -0.15) is 0 Å². The summed E-state index contributed by atoms with van der Waals surface area (Å²) in [7, 11) is 1.55. The molecular formula is C17H25N3O4. The van der Waals surface area contributed by atoms with Gasteiger partial charge in [-0.15, -0.1) is 0 Å². The molecule has 132 valence electrons. The van der Waals surface area contributed by atoms with Crippen molar-refractivity contribution in [3.05, 3.63) is 23.8 Å². The van der Waals surface area contributed by atoms with Crippen molar-refractivity contribution >= 4 is 29.2 Å². The number of likely N-dealkylation sites (N-methyl/N-ethyl adjacent to an activating group) is 1. The van der Waals surface area contributed by atoms with Crippen LogP contribution in [-0.4, -0.2) is 48.9 Å². The van der Waals surface area contributed by atoms with Crippen molar-refractivity contribution in [2.75, 3.05) is 30.8 Å². The number of ether oxygens (including phenoxy) is 1. The smallest absolute Gasteiger partial charge is 0.338 e. The molecule has 0 radical (unpaired) electrons. The number of hydrogen-bond donors (Lipinski definition) is 2. The summed E-state index contributed by atoms with van der Waals surface area (Å²) in [6.45, 7) is 7.29. The van der Waals surface area contributed by atoms with E-state index < -0.39 is 5.97 Å². The van der Waals surface area contributed by atoms with E-state index in [4.69, 9.17) is 4.74 Å². The van der Waals surface area contributed by atoms with Crippen LogP contribution in [0.1, 0.15) is 38.1 Å². The molecule has 0 saturated carbocycles. The molecule has 0 heterocycles. The molecule has 0 fully saturated rings. The topological polar surface area (TPSA) is 87.7 Å². The quantitative estimate of drug-likeness (QED) is 0.745. The lowest BCUT2D eigenvalue weighted by Crippen LogP contribution is -2.33. The molecule has 0 bridgehead atoms. The normalized spacial score (nSPS) is 10.2. The lowest BCUT2D eigenvalue weighted by Gasteiger charge is -2.18. The lowest BCUT2D eigenvalue weighted by molar-refractivity contribution is -0.131. The predicted molar refractivity (Wildman–Crippen MR) is 93.1 cm³/mol. The van der Waals surface area contributed by atoms with Gasteiger partial charge in [-0.3, -0.25) is 9.59 Å². The lowest BCUT2D eigenvalue weighted by atomic mass is 10.1. The highest BCUT2D eigenvalue weighted by Crippen LogP contribution is 2.24. The molecule has 0 aromatic heterocycles. The van der Waals surface area contributed by atoms with E-state index in [9.17, 15) is 14.4 Å². The molecule has 0 aliphatic rings. The van der Waals surface area contributed by atoms with Crippen LogP contribution in [0.5, 0.6) is 0 Å². The van der Waals surface area contributed by atoms with Crippen molar-refractivity contribution in [1.29, 1.82) is 0 Å². The highest BCUT2D eigenvalue weighted by atomic mass is 16.5. The minimum atomic E-state index is -0.418. The van der Waals surface area contributed by atoms with E-state index in [1.54, 1.807) is 32.2 Å². The Morgan fingerprint density at radius 2 is 1.88 bits per heavy atom. The summed E-state index contributed by atoms with van der Waals surface area (Å²) in [5, 5.41) is 5.94. The number of amides is 2. The zero-order valence-electron chi connectivity index (χ0n) is 14.8. The summed E-state index contributed by atoms with van der Waals surface area (Å²) in [5.41, 5.74) is 1.56. The summed E-state index contributed by atoms with van der Waals surface area (Å²) in [5.74, 6) is -0.926. The molecule has 7 nitrogen and oxygen atoms in total. The van der Waals surface area contributed by atoms with E-state index in [0.717, 1.165) is 0 Å². The summed E-state index contributed by atoms with van der Waals surface area (Å²) < 4.78 is 4.99. The number of hydrogen-bond acceptors (Lipinski definition) is 5. The Morgan fingerprint density at radius 1 is 1.21 bits per heavy atom. The van der Waals surface area contributed by atoms with E-state index >= 15 is 0 Å². The zero-order chi connectivity index (χ0) is 18.3. The zero-order valence-corrected chi connectivity index (χ0v) is 14.8. The predicted octanol–water partition coefficient (Wildman–Crippen LogP) is 2.10. The minimum absolute atomic E-state index is 0.0456. The molecular weight excluding hydrogens is 310 g/mol. The van der Waals surface area contributed by atoms with E-state index in [2.05, 4.69) is 10.6 Å². The average molecular weight is 335 g/mol. The monoisotopic (exact) mass is 335 g/mol. The highest BCUT2D eigenvalue weighted by molar-refractivity contribution is 5.99. The summed E-state index contributed by atoms with van der Waals surface area (Å²) >= 11 is 0. The fraction of sp³-hybridized carbons (Fsp3) is 0.471. The van der Waals surface area contributed by atoms with E-state index in [1.807, 2.05) is 13.8 Å². The number of carbonyl (C=O) groups is 3. The third-order valence-electron chi connectivity index (χ3n) is 3.17. The maximum atomic E-state index is 12.1. The van der Waals surface area contributed by atoms with Gasteiger partial charge in [-0.25, -0.2) is 4.79 Å². The molecule has 2 N–H and O–H groups in total. The van der Waals surface area contributed by atoms with Crippen LogP contribution in [0, 0.1) is 0 Å².